The molecule has 1 aromatic carbocycles. The van der Waals surface area contributed by atoms with Gasteiger partial charge in [-0.25, -0.2) is 4.98 Å². The number of rotatable bonds is 3. The molecule has 126 valence electrons. The van der Waals surface area contributed by atoms with Crippen molar-refractivity contribution in [3.8, 4) is 11.3 Å². The number of benzene rings is 1. The summed E-state index contributed by atoms with van der Waals surface area (Å²) in [6, 6.07) is 9.34. The van der Waals surface area contributed by atoms with Crippen LogP contribution in [0.2, 0.25) is 0 Å². The lowest BCUT2D eigenvalue weighted by molar-refractivity contribution is -0.133. The average molecular weight is 326 g/mol. The topological polar surface area (TPSA) is 58.4 Å². The highest BCUT2D eigenvalue weighted by Gasteiger charge is 2.19. The molecule has 0 bridgehead atoms. The van der Waals surface area contributed by atoms with Crippen LogP contribution >= 0.6 is 0 Å². The molecule has 1 amide bonds. The van der Waals surface area contributed by atoms with Gasteiger partial charge in [-0.3, -0.25) is 14.2 Å². The number of hydrogen-bond donors (Lipinski definition) is 0. The Morgan fingerprint density at radius 1 is 1.12 bits per heavy atom. The molecule has 6 nitrogen and oxygen atoms in total. The van der Waals surface area contributed by atoms with E-state index in [0.717, 1.165) is 24.2 Å². The minimum absolute atomic E-state index is 0.0323. The zero-order chi connectivity index (χ0) is 17.1. The van der Waals surface area contributed by atoms with Crippen molar-refractivity contribution in [3.63, 3.8) is 0 Å². The molecular formula is C18H22N4O2. The maximum Gasteiger partial charge on any atom is 0.254 e. The summed E-state index contributed by atoms with van der Waals surface area (Å²) in [6.07, 6.45) is 1.46. The molecule has 0 N–H and O–H groups in total. The summed E-state index contributed by atoms with van der Waals surface area (Å²) in [5.41, 5.74) is 2.48. The maximum atomic E-state index is 12.3. The molecule has 0 atom stereocenters. The molecule has 1 aliphatic heterocycles. The Labute approximate surface area is 141 Å². The molecule has 1 saturated heterocycles. The summed E-state index contributed by atoms with van der Waals surface area (Å²) in [5.74, 6) is -0.0323. The van der Waals surface area contributed by atoms with Crippen molar-refractivity contribution >= 4 is 5.91 Å². The second kappa shape index (κ2) is 6.97. The minimum Gasteiger partial charge on any atom is -0.339 e. The van der Waals surface area contributed by atoms with E-state index in [0.29, 0.717) is 18.8 Å². The average Bonchev–Trinajstić information content (AvgIpc) is 2.58. The van der Waals surface area contributed by atoms with Gasteiger partial charge < -0.3 is 9.80 Å². The van der Waals surface area contributed by atoms with E-state index in [1.54, 1.807) is 4.90 Å². The lowest BCUT2D eigenvalue weighted by Gasteiger charge is -2.32. The standard InChI is InChI=1S/C18H22N4O2/c1-14-3-5-15(6-4-14)16-11-17(23)22(13-19-16)12-18(24)21-9-7-20(2)8-10-21/h3-6,11,13H,7-10,12H2,1-2H3. The van der Waals surface area contributed by atoms with Crippen molar-refractivity contribution in [2.45, 2.75) is 13.5 Å². The zero-order valence-corrected chi connectivity index (χ0v) is 14.1. The summed E-state index contributed by atoms with van der Waals surface area (Å²) < 4.78 is 1.37. The van der Waals surface area contributed by atoms with Gasteiger partial charge in [0.25, 0.3) is 5.56 Å². The van der Waals surface area contributed by atoms with Crippen LogP contribution < -0.4 is 5.56 Å². The largest absolute Gasteiger partial charge is 0.339 e. The SMILES string of the molecule is Cc1ccc(-c2cc(=O)n(CC(=O)N3CCN(C)CC3)cn2)cc1. The van der Waals surface area contributed by atoms with Crippen LogP contribution in [0.4, 0.5) is 0 Å². The molecule has 0 spiro atoms. The van der Waals surface area contributed by atoms with E-state index in [-0.39, 0.29) is 18.0 Å². The van der Waals surface area contributed by atoms with Crippen molar-refractivity contribution in [1.29, 1.82) is 0 Å². The van der Waals surface area contributed by atoms with Gasteiger partial charge in [0.1, 0.15) is 6.54 Å². The van der Waals surface area contributed by atoms with Crippen LogP contribution in [0.5, 0.6) is 0 Å². The fourth-order valence-corrected chi connectivity index (χ4v) is 2.73. The third-order valence-corrected chi connectivity index (χ3v) is 4.39. The van der Waals surface area contributed by atoms with E-state index in [1.165, 1.54) is 17.0 Å². The molecule has 0 radical (unpaired) electrons. The number of likely N-dealkylation sites (N-methyl/N-ethyl adjacent to an activating group) is 1. The van der Waals surface area contributed by atoms with Crippen LogP contribution in [-0.4, -0.2) is 58.5 Å². The molecule has 2 aromatic rings. The number of piperazine rings is 1. The minimum atomic E-state index is -0.206. The number of nitrogens with zero attached hydrogens (tertiary/aromatic N) is 4. The monoisotopic (exact) mass is 326 g/mol. The molecule has 0 unspecified atom stereocenters. The van der Waals surface area contributed by atoms with Crippen LogP contribution in [-0.2, 0) is 11.3 Å². The lowest BCUT2D eigenvalue weighted by Crippen LogP contribution is -2.48. The lowest BCUT2D eigenvalue weighted by atomic mass is 10.1. The van der Waals surface area contributed by atoms with Crippen molar-refractivity contribution in [1.82, 2.24) is 19.4 Å². The van der Waals surface area contributed by atoms with Crippen molar-refractivity contribution in [2.24, 2.45) is 0 Å². The molecule has 3 rings (SSSR count). The van der Waals surface area contributed by atoms with Gasteiger partial charge in [-0.05, 0) is 14.0 Å². The van der Waals surface area contributed by atoms with Crippen LogP contribution in [0, 0.1) is 6.92 Å². The molecule has 1 aromatic heterocycles. The number of amides is 1. The van der Waals surface area contributed by atoms with Gasteiger partial charge in [-0.1, -0.05) is 29.8 Å². The Hall–Kier alpha value is -2.47. The highest BCUT2D eigenvalue weighted by molar-refractivity contribution is 5.76. The second-order valence-corrected chi connectivity index (χ2v) is 6.29. The van der Waals surface area contributed by atoms with E-state index >= 15 is 0 Å². The Morgan fingerprint density at radius 3 is 2.42 bits per heavy atom. The van der Waals surface area contributed by atoms with Gasteiger partial charge in [-0.2, -0.15) is 0 Å². The predicted octanol–water partition coefficient (Wildman–Crippen LogP) is 0.993. The number of hydrogen-bond acceptors (Lipinski definition) is 4. The second-order valence-electron chi connectivity index (χ2n) is 6.29. The third kappa shape index (κ3) is 3.71. The summed E-state index contributed by atoms with van der Waals surface area (Å²) >= 11 is 0. The number of aryl methyl sites for hydroxylation is 1. The number of aromatic nitrogens is 2. The molecular weight excluding hydrogens is 304 g/mol. The molecule has 1 aliphatic rings. The Balaban J connectivity index is 1.72. The number of carbonyl (C=O) groups excluding carboxylic acids is 1. The van der Waals surface area contributed by atoms with Crippen molar-refractivity contribution in [2.75, 3.05) is 33.2 Å². The van der Waals surface area contributed by atoms with E-state index in [4.69, 9.17) is 0 Å². The zero-order valence-electron chi connectivity index (χ0n) is 14.1. The van der Waals surface area contributed by atoms with E-state index in [1.807, 2.05) is 38.2 Å². The van der Waals surface area contributed by atoms with Crippen molar-refractivity contribution < 1.29 is 4.79 Å². The van der Waals surface area contributed by atoms with Crippen molar-refractivity contribution in [3.05, 3.63) is 52.6 Å². The first kappa shape index (κ1) is 16.4. The predicted molar refractivity (Wildman–Crippen MR) is 92.7 cm³/mol. The Kier molecular flexibility index (Phi) is 4.76. The molecule has 0 saturated carbocycles. The van der Waals surface area contributed by atoms with Crippen LogP contribution in [0.15, 0.2) is 41.5 Å². The summed E-state index contributed by atoms with van der Waals surface area (Å²) in [5, 5.41) is 0. The number of carbonyl (C=O) groups is 1. The van der Waals surface area contributed by atoms with E-state index in [2.05, 4.69) is 9.88 Å². The molecule has 1 fully saturated rings. The molecule has 6 heteroatoms. The first-order valence-corrected chi connectivity index (χ1v) is 8.13. The van der Waals surface area contributed by atoms with Crippen LogP contribution in [0.1, 0.15) is 5.56 Å². The molecule has 0 aliphatic carbocycles. The Morgan fingerprint density at radius 2 is 1.79 bits per heavy atom. The molecule has 24 heavy (non-hydrogen) atoms. The van der Waals surface area contributed by atoms with Gasteiger partial charge in [0.05, 0.1) is 12.0 Å². The summed E-state index contributed by atoms with van der Waals surface area (Å²) in [4.78, 5) is 33.0. The first-order valence-electron chi connectivity index (χ1n) is 8.13. The molecule has 2 heterocycles. The fourth-order valence-electron chi connectivity index (χ4n) is 2.73. The van der Waals surface area contributed by atoms with E-state index in [9.17, 15) is 9.59 Å². The van der Waals surface area contributed by atoms with Crippen LogP contribution in [0.25, 0.3) is 11.3 Å². The highest BCUT2D eigenvalue weighted by Crippen LogP contribution is 2.15. The fraction of sp³-hybridized carbons (Fsp3) is 0.389. The van der Waals surface area contributed by atoms with Gasteiger partial charge in [0, 0.05) is 37.8 Å². The summed E-state index contributed by atoms with van der Waals surface area (Å²) in [6.45, 7) is 5.21. The first-order chi connectivity index (χ1) is 11.5. The third-order valence-electron chi connectivity index (χ3n) is 4.39. The van der Waals surface area contributed by atoms with Gasteiger partial charge in [0.15, 0.2) is 0 Å². The summed E-state index contributed by atoms with van der Waals surface area (Å²) in [7, 11) is 2.04. The maximum absolute atomic E-state index is 12.3. The normalized spacial score (nSPS) is 15.5. The van der Waals surface area contributed by atoms with Crippen LogP contribution in [0.3, 0.4) is 0 Å². The Bertz CT molecular complexity index is 774. The highest BCUT2D eigenvalue weighted by atomic mass is 16.2. The smallest absolute Gasteiger partial charge is 0.254 e. The van der Waals surface area contributed by atoms with Gasteiger partial charge in [0.2, 0.25) is 5.91 Å². The van der Waals surface area contributed by atoms with Gasteiger partial charge in [-0.15, -0.1) is 0 Å². The van der Waals surface area contributed by atoms with E-state index < -0.39 is 0 Å². The quantitative estimate of drug-likeness (QED) is 0.844. The van der Waals surface area contributed by atoms with Gasteiger partial charge >= 0.3 is 0 Å².